The number of aliphatic carboxylic acids is 1. The molecular weight excluding hydrogens is 254 g/mol. The normalized spacial score (nSPS) is 11.5. The zero-order valence-electron chi connectivity index (χ0n) is 11.2. The molecule has 0 saturated carbocycles. The van der Waals surface area contributed by atoms with Crippen molar-refractivity contribution in [3.8, 4) is 0 Å². The van der Waals surface area contributed by atoms with Crippen LogP contribution < -0.4 is 16.0 Å². The van der Waals surface area contributed by atoms with E-state index in [-0.39, 0.29) is 31.3 Å². The number of carboxylic acids is 1. The zero-order chi connectivity index (χ0) is 14.7. The first kappa shape index (κ1) is 17.2. The maximum atomic E-state index is 11.3. The van der Waals surface area contributed by atoms with Gasteiger partial charge in [0.15, 0.2) is 0 Å². The quantitative estimate of drug-likeness (QED) is 0.409. The summed E-state index contributed by atoms with van der Waals surface area (Å²) in [6.45, 7) is 2.61. The summed E-state index contributed by atoms with van der Waals surface area (Å²) in [6, 6.07) is -0.501. The van der Waals surface area contributed by atoms with Crippen LogP contribution in [-0.2, 0) is 14.3 Å². The molecule has 110 valence electrons. The highest BCUT2D eigenvalue weighted by atomic mass is 16.5. The number of urea groups is 1. The van der Waals surface area contributed by atoms with Crippen molar-refractivity contribution in [2.45, 2.75) is 13.3 Å². The largest absolute Gasteiger partial charge is 0.481 e. The lowest BCUT2D eigenvalue weighted by molar-refractivity contribution is -0.137. The van der Waals surface area contributed by atoms with E-state index in [9.17, 15) is 14.4 Å². The molecule has 0 aromatic heterocycles. The van der Waals surface area contributed by atoms with Crippen LogP contribution in [0.25, 0.3) is 0 Å². The molecule has 0 rings (SSSR count). The third kappa shape index (κ3) is 11.0. The predicted molar refractivity (Wildman–Crippen MR) is 67.7 cm³/mol. The minimum absolute atomic E-state index is 0.0161. The third-order valence-electron chi connectivity index (χ3n) is 2.17. The Hall–Kier alpha value is -1.83. The number of carboxylic acid groups (broad SMARTS) is 1. The molecule has 0 aliphatic rings. The Morgan fingerprint density at radius 2 is 1.89 bits per heavy atom. The molecule has 0 aromatic rings. The summed E-state index contributed by atoms with van der Waals surface area (Å²) >= 11 is 0. The first-order chi connectivity index (χ1) is 8.95. The van der Waals surface area contributed by atoms with Gasteiger partial charge < -0.3 is 25.8 Å². The van der Waals surface area contributed by atoms with E-state index in [1.54, 1.807) is 6.92 Å². The lowest BCUT2D eigenvalue weighted by atomic mass is 10.1. The van der Waals surface area contributed by atoms with Gasteiger partial charge in [-0.15, -0.1) is 0 Å². The number of carbonyl (C=O) groups excluding carboxylic acids is 2. The lowest BCUT2D eigenvalue weighted by Gasteiger charge is -2.11. The number of amides is 3. The van der Waals surface area contributed by atoms with E-state index in [0.29, 0.717) is 13.2 Å². The number of ether oxygens (including phenoxy) is 1. The summed E-state index contributed by atoms with van der Waals surface area (Å²) in [4.78, 5) is 32.9. The molecule has 4 N–H and O–H groups in total. The minimum atomic E-state index is -0.910. The molecule has 1 atom stereocenters. The minimum Gasteiger partial charge on any atom is -0.481 e. The number of methoxy groups -OCH3 is 1. The maximum Gasteiger partial charge on any atom is 0.315 e. The Bertz CT molecular complexity index is 309. The summed E-state index contributed by atoms with van der Waals surface area (Å²) in [5, 5.41) is 15.9. The molecule has 0 fully saturated rings. The SMILES string of the molecule is COCCNC(=O)CNC(=O)NCC(C)CC(=O)O. The maximum absolute atomic E-state index is 11.3. The van der Waals surface area contributed by atoms with Crippen LogP contribution in [0.15, 0.2) is 0 Å². The van der Waals surface area contributed by atoms with Crippen molar-refractivity contribution in [2.75, 3.05) is 33.4 Å². The van der Waals surface area contributed by atoms with Crippen molar-refractivity contribution >= 4 is 17.9 Å². The van der Waals surface area contributed by atoms with Crippen LogP contribution in [0.3, 0.4) is 0 Å². The summed E-state index contributed by atoms with van der Waals surface area (Å²) in [7, 11) is 1.52. The summed E-state index contributed by atoms with van der Waals surface area (Å²) in [5.41, 5.74) is 0. The molecule has 0 aromatic carbocycles. The third-order valence-corrected chi connectivity index (χ3v) is 2.17. The van der Waals surface area contributed by atoms with Crippen LogP contribution in [0.5, 0.6) is 0 Å². The Morgan fingerprint density at radius 3 is 2.47 bits per heavy atom. The summed E-state index contributed by atoms with van der Waals surface area (Å²) in [6.07, 6.45) is -0.0161. The van der Waals surface area contributed by atoms with Gasteiger partial charge in [0.25, 0.3) is 0 Å². The van der Waals surface area contributed by atoms with Gasteiger partial charge in [-0.25, -0.2) is 4.79 Å². The number of nitrogens with one attached hydrogen (secondary N) is 3. The van der Waals surface area contributed by atoms with Gasteiger partial charge in [-0.3, -0.25) is 9.59 Å². The van der Waals surface area contributed by atoms with Crippen LogP contribution >= 0.6 is 0 Å². The molecule has 0 spiro atoms. The summed E-state index contributed by atoms with van der Waals surface area (Å²) < 4.78 is 4.75. The van der Waals surface area contributed by atoms with Crippen molar-refractivity contribution in [1.29, 1.82) is 0 Å². The van der Waals surface area contributed by atoms with Gasteiger partial charge in [0, 0.05) is 26.6 Å². The van der Waals surface area contributed by atoms with Gasteiger partial charge in [0.2, 0.25) is 5.91 Å². The Kier molecular flexibility index (Phi) is 9.15. The van der Waals surface area contributed by atoms with Gasteiger partial charge in [0.1, 0.15) is 0 Å². The molecular formula is C11H21N3O5. The molecule has 0 aliphatic heterocycles. The number of hydrogen-bond donors (Lipinski definition) is 4. The van der Waals surface area contributed by atoms with E-state index in [4.69, 9.17) is 9.84 Å². The van der Waals surface area contributed by atoms with E-state index in [1.165, 1.54) is 7.11 Å². The molecule has 3 amide bonds. The average Bonchev–Trinajstić information content (AvgIpc) is 2.33. The summed E-state index contributed by atoms with van der Waals surface area (Å²) in [5.74, 6) is -1.39. The monoisotopic (exact) mass is 275 g/mol. The van der Waals surface area contributed by atoms with Gasteiger partial charge in [-0.2, -0.15) is 0 Å². The Labute approximate surface area is 111 Å². The molecule has 19 heavy (non-hydrogen) atoms. The molecule has 1 unspecified atom stereocenters. The van der Waals surface area contributed by atoms with Gasteiger partial charge in [-0.05, 0) is 5.92 Å². The molecule has 0 aliphatic carbocycles. The first-order valence-corrected chi connectivity index (χ1v) is 5.94. The van der Waals surface area contributed by atoms with Crippen molar-refractivity contribution < 1.29 is 24.2 Å². The van der Waals surface area contributed by atoms with Crippen molar-refractivity contribution in [2.24, 2.45) is 5.92 Å². The number of carbonyl (C=O) groups is 3. The topological polar surface area (TPSA) is 117 Å². The fourth-order valence-corrected chi connectivity index (χ4v) is 1.22. The fraction of sp³-hybridized carbons (Fsp3) is 0.727. The zero-order valence-corrected chi connectivity index (χ0v) is 11.2. The average molecular weight is 275 g/mol. The van der Waals surface area contributed by atoms with Crippen LogP contribution in [0, 0.1) is 5.92 Å². The number of rotatable bonds is 9. The molecule has 0 radical (unpaired) electrons. The number of hydrogen-bond acceptors (Lipinski definition) is 4. The van der Waals surface area contributed by atoms with Gasteiger partial charge in [0.05, 0.1) is 13.2 Å². The Morgan fingerprint density at radius 1 is 1.21 bits per heavy atom. The predicted octanol–water partition coefficient (Wildman–Crippen LogP) is -0.841. The van der Waals surface area contributed by atoms with E-state index >= 15 is 0 Å². The molecule has 0 saturated heterocycles. The first-order valence-electron chi connectivity index (χ1n) is 5.94. The molecule has 0 heterocycles. The van der Waals surface area contributed by atoms with E-state index in [2.05, 4.69) is 16.0 Å². The molecule has 0 bridgehead atoms. The highest BCUT2D eigenvalue weighted by Crippen LogP contribution is 1.98. The van der Waals surface area contributed by atoms with Crippen LogP contribution in [0.2, 0.25) is 0 Å². The van der Waals surface area contributed by atoms with Crippen molar-refractivity contribution in [1.82, 2.24) is 16.0 Å². The fourth-order valence-electron chi connectivity index (χ4n) is 1.22. The van der Waals surface area contributed by atoms with Crippen LogP contribution in [0.4, 0.5) is 4.79 Å². The smallest absolute Gasteiger partial charge is 0.315 e. The lowest BCUT2D eigenvalue weighted by Crippen LogP contribution is -2.43. The van der Waals surface area contributed by atoms with E-state index < -0.39 is 12.0 Å². The van der Waals surface area contributed by atoms with Crippen LogP contribution in [0.1, 0.15) is 13.3 Å². The Balaban J connectivity index is 3.63. The standard InChI is InChI=1S/C11H21N3O5/c1-8(5-10(16)17)6-13-11(18)14-7-9(15)12-3-4-19-2/h8H,3-7H2,1-2H3,(H,12,15)(H,16,17)(H2,13,14,18). The molecule has 8 nitrogen and oxygen atoms in total. The van der Waals surface area contributed by atoms with Crippen LogP contribution in [-0.4, -0.2) is 56.4 Å². The van der Waals surface area contributed by atoms with Gasteiger partial charge in [-0.1, -0.05) is 6.92 Å². The second-order valence-corrected chi connectivity index (χ2v) is 4.11. The van der Waals surface area contributed by atoms with E-state index in [1.807, 2.05) is 0 Å². The second kappa shape index (κ2) is 10.1. The highest BCUT2D eigenvalue weighted by molar-refractivity contribution is 5.83. The van der Waals surface area contributed by atoms with E-state index in [0.717, 1.165) is 0 Å². The van der Waals surface area contributed by atoms with Crippen molar-refractivity contribution in [3.05, 3.63) is 0 Å². The van der Waals surface area contributed by atoms with Crippen molar-refractivity contribution in [3.63, 3.8) is 0 Å². The molecule has 8 heteroatoms. The highest BCUT2D eigenvalue weighted by Gasteiger charge is 2.09. The second-order valence-electron chi connectivity index (χ2n) is 4.11. The van der Waals surface area contributed by atoms with Gasteiger partial charge >= 0.3 is 12.0 Å².